The Bertz CT molecular complexity index is 1280. The van der Waals surface area contributed by atoms with Gasteiger partial charge in [-0.05, 0) is 66.3 Å². The van der Waals surface area contributed by atoms with Gasteiger partial charge < -0.3 is 10.4 Å². The Morgan fingerprint density at radius 1 is 1.06 bits per heavy atom. The molecule has 1 aliphatic carbocycles. The normalized spacial score (nSPS) is 23.3. The summed E-state index contributed by atoms with van der Waals surface area (Å²) in [6.45, 7) is 6.18. The number of rotatable bonds is 11. The lowest BCUT2D eigenvalue weighted by Gasteiger charge is -2.28. The fourth-order valence-corrected chi connectivity index (χ4v) is 7.59. The first kappa shape index (κ1) is 28.6. The van der Waals surface area contributed by atoms with E-state index in [-0.39, 0.29) is 4.90 Å². The number of benzene rings is 2. The van der Waals surface area contributed by atoms with Gasteiger partial charge in [0, 0.05) is 0 Å². The van der Waals surface area contributed by atoms with E-state index in [0.29, 0.717) is 30.6 Å². The van der Waals surface area contributed by atoms with Crippen LogP contribution in [0.2, 0.25) is 0 Å². The van der Waals surface area contributed by atoms with E-state index in [1.54, 1.807) is 18.2 Å². The summed E-state index contributed by atoms with van der Waals surface area (Å²) < 4.78 is 52.6. The minimum Gasteiger partial charge on any atom is -0.391 e. The molecule has 1 amide bonds. The molecular weight excluding hydrogens is 500 g/mol. The van der Waals surface area contributed by atoms with Crippen LogP contribution < -0.4 is 10.0 Å². The number of fused-ring (bicyclic) bond motifs is 1. The number of amides is 1. The Balaban J connectivity index is 1.77. The predicted molar refractivity (Wildman–Crippen MR) is 142 cm³/mol. The summed E-state index contributed by atoms with van der Waals surface area (Å²) in [5.41, 5.74) is 0. The quantitative estimate of drug-likeness (QED) is 0.403. The van der Waals surface area contributed by atoms with Crippen molar-refractivity contribution in [2.24, 2.45) is 17.8 Å². The lowest BCUT2D eigenvalue weighted by Crippen LogP contribution is -2.54. The number of nitrogens with one attached hydrogen (secondary N) is 2. The maximum absolute atomic E-state index is 13.2. The van der Waals surface area contributed by atoms with E-state index in [4.69, 9.17) is 0 Å². The molecule has 0 heterocycles. The first-order valence-electron chi connectivity index (χ1n) is 12.5. The first-order chi connectivity index (χ1) is 16.8. The second-order valence-electron chi connectivity index (χ2n) is 10.4. The summed E-state index contributed by atoms with van der Waals surface area (Å²) in [4.78, 5) is 13.2. The Morgan fingerprint density at radius 3 is 2.31 bits per heavy atom. The van der Waals surface area contributed by atoms with E-state index in [1.807, 2.05) is 19.1 Å². The minimum absolute atomic E-state index is 0.00529. The summed E-state index contributed by atoms with van der Waals surface area (Å²) in [7, 11) is -7.90. The molecule has 10 heteroatoms. The van der Waals surface area contributed by atoms with E-state index >= 15 is 0 Å². The maximum Gasteiger partial charge on any atom is 0.239 e. The zero-order valence-corrected chi connectivity index (χ0v) is 23.0. The second kappa shape index (κ2) is 11.6. The third-order valence-corrected chi connectivity index (χ3v) is 9.66. The van der Waals surface area contributed by atoms with Crippen molar-refractivity contribution in [1.82, 2.24) is 10.0 Å². The number of carbonyl (C=O) groups excluding carboxylic acids is 1. The van der Waals surface area contributed by atoms with Gasteiger partial charge >= 0.3 is 0 Å². The standard InChI is InChI=1S/C26H38N2O6S2/c1-5-23(25(29)15-21-13-17(2)12-18(21)3)27-26(30)24(28-35(4,31)32)16-36(33,34)22-11-10-19-8-6-7-9-20(19)14-22/h6-11,14,17-18,21,23-25,28-29H,5,12-13,15-16H2,1-4H3,(H,27,30). The molecule has 1 saturated carbocycles. The van der Waals surface area contributed by atoms with Crippen molar-refractivity contribution in [2.75, 3.05) is 12.0 Å². The van der Waals surface area contributed by atoms with Crippen molar-refractivity contribution in [3.8, 4) is 0 Å². The molecule has 0 aromatic heterocycles. The van der Waals surface area contributed by atoms with Gasteiger partial charge in [-0.15, -0.1) is 0 Å². The minimum atomic E-state index is -4.01. The van der Waals surface area contributed by atoms with Gasteiger partial charge in [-0.3, -0.25) is 4.79 Å². The van der Waals surface area contributed by atoms with Crippen LogP contribution in [0.5, 0.6) is 0 Å². The number of hydrogen-bond acceptors (Lipinski definition) is 6. The molecule has 6 atom stereocenters. The van der Waals surface area contributed by atoms with Crippen LogP contribution in [-0.4, -0.2) is 58.0 Å². The highest BCUT2D eigenvalue weighted by Gasteiger charge is 2.35. The van der Waals surface area contributed by atoms with Gasteiger partial charge in [0.1, 0.15) is 6.04 Å². The third kappa shape index (κ3) is 7.50. The zero-order valence-electron chi connectivity index (χ0n) is 21.3. The summed E-state index contributed by atoms with van der Waals surface area (Å²) in [5.74, 6) is -0.0960. The van der Waals surface area contributed by atoms with Gasteiger partial charge in [-0.2, -0.15) is 0 Å². The monoisotopic (exact) mass is 538 g/mol. The Labute approximate surface area is 214 Å². The maximum atomic E-state index is 13.2. The van der Waals surface area contributed by atoms with Gasteiger partial charge in [0.2, 0.25) is 15.9 Å². The SMILES string of the molecule is CCC(NC(=O)C(CS(=O)(=O)c1ccc2ccccc2c1)NS(C)(=O)=O)C(O)CC1CC(C)CC1C. The molecule has 0 bridgehead atoms. The highest BCUT2D eigenvalue weighted by Crippen LogP contribution is 2.38. The number of carbonyl (C=O) groups is 1. The van der Waals surface area contributed by atoms with Crippen LogP contribution in [0, 0.1) is 17.8 Å². The fraction of sp³-hybridized carbons (Fsp3) is 0.577. The average Bonchev–Trinajstić information content (AvgIpc) is 3.11. The van der Waals surface area contributed by atoms with Crippen molar-refractivity contribution in [2.45, 2.75) is 69.5 Å². The largest absolute Gasteiger partial charge is 0.391 e. The lowest BCUT2D eigenvalue weighted by molar-refractivity contribution is -0.124. The molecule has 3 rings (SSSR count). The molecule has 3 N–H and O–H groups in total. The molecule has 2 aromatic carbocycles. The van der Waals surface area contributed by atoms with Crippen molar-refractivity contribution in [3.05, 3.63) is 42.5 Å². The Kier molecular flexibility index (Phi) is 9.19. The fourth-order valence-electron chi connectivity index (χ4n) is 5.33. The summed E-state index contributed by atoms with van der Waals surface area (Å²) >= 11 is 0. The molecule has 0 aliphatic heterocycles. The highest BCUT2D eigenvalue weighted by atomic mass is 32.2. The van der Waals surface area contributed by atoms with E-state index < -0.39 is 49.7 Å². The second-order valence-corrected chi connectivity index (χ2v) is 14.2. The lowest BCUT2D eigenvalue weighted by atomic mass is 9.89. The molecule has 200 valence electrons. The van der Waals surface area contributed by atoms with Gasteiger partial charge in [-0.25, -0.2) is 21.6 Å². The number of aliphatic hydroxyl groups is 1. The smallest absolute Gasteiger partial charge is 0.239 e. The van der Waals surface area contributed by atoms with Crippen molar-refractivity contribution in [1.29, 1.82) is 0 Å². The number of aliphatic hydroxyl groups excluding tert-OH is 1. The molecule has 1 aliphatic rings. The molecule has 2 aromatic rings. The van der Waals surface area contributed by atoms with Crippen LogP contribution in [0.25, 0.3) is 10.8 Å². The topological polar surface area (TPSA) is 130 Å². The molecule has 36 heavy (non-hydrogen) atoms. The number of sulfone groups is 1. The van der Waals surface area contributed by atoms with Gasteiger partial charge in [0.05, 0.1) is 29.0 Å². The van der Waals surface area contributed by atoms with Gasteiger partial charge in [0.25, 0.3) is 0 Å². The van der Waals surface area contributed by atoms with Crippen LogP contribution in [0.15, 0.2) is 47.4 Å². The van der Waals surface area contributed by atoms with Crippen LogP contribution in [0.4, 0.5) is 0 Å². The molecule has 6 unspecified atom stereocenters. The molecule has 0 spiro atoms. The van der Waals surface area contributed by atoms with Crippen LogP contribution in [0.3, 0.4) is 0 Å². The van der Waals surface area contributed by atoms with Gasteiger partial charge in [0.15, 0.2) is 9.84 Å². The predicted octanol–water partition coefficient (Wildman–Crippen LogP) is 2.86. The Hall–Kier alpha value is -2.01. The molecule has 1 fully saturated rings. The van der Waals surface area contributed by atoms with Crippen LogP contribution >= 0.6 is 0 Å². The van der Waals surface area contributed by atoms with Gasteiger partial charge in [-0.1, -0.05) is 51.1 Å². The third-order valence-electron chi connectivity index (χ3n) is 7.20. The van der Waals surface area contributed by atoms with Crippen LogP contribution in [0.1, 0.15) is 46.5 Å². The highest BCUT2D eigenvalue weighted by molar-refractivity contribution is 7.91. The molecule has 0 saturated heterocycles. The van der Waals surface area contributed by atoms with E-state index in [1.165, 1.54) is 12.1 Å². The molecule has 0 radical (unpaired) electrons. The van der Waals surface area contributed by atoms with E-state index in [9.17, 15) is 26.7 Å². The van der Waals surface area contributed by atoms with Crippen molar-refractivity contribution < 1.29 is 26.7 Å². The molecule has 8 nitrogen and oxygen atoms in total. The van der Waals surface area contributed by atoms with E-state index in [0.717, 1.165) is 29.9 Å². The summed E-state index contributed by atoms with van der Waals surface area (Å²) in [6.07, 6.45) is 3.15. The Morgan fingerprint density at radius 2 is 1.72 bits per heavy atom. The zero-order chi connectivity index (χ0) is 26.7. The molecular formula is C26H38N2O6S2. The van der Waals surface area contributed by atoms with E-state index in [2.05, 4.69) is 23.9 Å². The van der Waals surface area contributed by atoms with Crippen LogP contribution in [-0.2, 0) is 24.7 Å². The summed E-state index contributed by atoms with van der Waals surface area (Å²) in [5, 5.41) is 15.2. The van der Waals surface area contributed by atoms with Crippen molar-refractivity contribution >= 4 is 36.5 Å². The van der Waals surface area contributed by atoms with Crippen molar-refractivity contribution in [3.63, 3.8) is 0 Å². The first-order valence-corrected chi connectivity index (χ1v) is 16.0. The summed E-state index contributed by atoms with van der Waals surface area (Å²) in [6, 6.07) is 9.77. The number of hydrogen-bond donors (Lipinski definition) is 3. The average molecular weight is 539 g/mol. The number of sulfonamides is 1.